The molecule has 2 rings (SSSR count). The van der Waals surface area contributed by atoms with E-state index in [4.69, 9.17) is 0 Å². The van der Waals surface area contributed by atoms with Crippen LogP contribution in [0.5, 0.6) is 0 Å². The van der Waals surface area contributed by atoms with Gasteiger partial charge in [-0.05, 0) is 47.5 Å². The molecule has 27 heavy (non-hydrogen) atoms. The van der Waals surface area contributed by atoms with Gasteiger partial charge in [0.2, 0.25) is 0 Å². The smallest absolute Gasteiger partial charge is 0.163 e. The van der Waals surface area contributed by atoms with Crippen molar-refractivity contribution in [3.05, 3.63) is 77.4 Å². The maximum Gasteiger partial charge on any atom is 0.163 e. The van der Waals surface area contributed by atoms with Crippen molar-refractivity contribution in [1.82, 2.24) is 0 Å². The number of carbonyl (C=O) groups is 2. The molecule has 0 spiro atoms. The molecule has 2 aromatic carbocycles. The molecule has 0 aliphatic carbocycles. The van der Waals surface area contributed by atoms with Crippen molar-refractivity contribution in [3.63, 3.8) is 0 Å². The van der Waals surface area contributed by atoms with Crippen LogP contribution in [0, 0.1) is 0 Å². The first-order chi connectivity index (χ1) is 13.0. The molecule has 0 amide bonds. The summed E-state index contributed by atoms with van der Waals surface area (Å²) >= 11 is 0. The Morgan fingerprint density at radius 1 is 0.852 bits per heavy atom. The number of hydrogen-bond acceptors (Lipinski definition) is 2. The van der Waals surface area contributed by atoms with Gasteiger partial charge in [-0.2, -0.15) is 0 Å². The van der Waals surface area contributed by atoms with Gasteiger partial charge in [0.05, 0.1) is 27.6 Å². The van der Waals surface area contributed by atoms with Gasteiger partial charge in [0.1, 0.15) is 12.2 Å². The summed E-state index contributed by atoms with van der Waals surface area (Å²) in [5.74, 6) is -0.386. The van der Waals surface area contributed by atoms with Gasteiger partial charge in [-0.15, -0.1) is 0 Å². The van der Waals surface area contributed by atoms with Gasteiger partial charge >= 0.3 is 0 Å². The molecule has 2 aromatic rings. The van der Waals surface area contributed by atoms with Gasteiger partial charge in [-0.1, -0.05) is 36.4 Å². The molecule has 4 nitrogen and oxygen atoms in total. The summed E-state index contributed by atoms with van der Waals surface area (Å²) in [5, 5.41) is 2.10. The molecule has 4 heteroatoms. The maximum atomic E-state index is 12.0. The quantitative estimate of drug-likeness (QED) is 0.522. The number of benzene rings is 2. The van der Waals surface area contributed by atoms with E-state index in [1.807, 2.05) is 55.6 Å². The molecule has 0 unspecified atom stereocenters. The van der Waals surface area contributed by atoms with Crippen molar-refractivity contribution in [2.75, 3.05) is 21.1 Å². The monoisotopic (exact) mass is 364 g/mol. The van der Waals surface area contributed by atoms with Crippen molar-refractivity contribution < 1.29 is 19.8 Å². The van der Waals surface area contributed by atoms with Crippen LogP contribution in [0.2, 0.25) is 0 Å². The summed E-state index contributed by atoms with van der Waals surface area (Å²) in [6, 6.07) is 16.0. The zero-order chi connectivity index (χ0) is 19.6. The van der Waals surface area contributed by atoms with Crippen molar-refractivity contribution in [2.24, 2.45) is 0 Å². The summed E-state index contributed by atoms with van der Waals surface area (Å²) in [5.41, 5.74) is 4.32. The van der Waals surface area contributed by atoms with Crippen LogP contribution in [-0.2, 0) is 16.1 Å². The molecule has 0 aliphatic rings. The Labute approximate surface area is 161 Å². The Balaban J connectivity index is 1.86. The van der Waals surface area contributed by atoms with E-state index in [0.717, 1.165) is 17.7 Å². The molecule has 3 N–H and O–H groups in total. The summed E-state index contributed by atoms with van der Waals surface area (Å²) in [6.45, 7) is 0.933. The van der Waals surface area contributed by atoms with Crippen LogP contribution in [0.4, 0.5) is 5.69 Å². The molecule has 0 aliphatic heterocycles. The van der Waals surface area contributed by atoms with Gasteiger partial charge in [0.25, 0.3) is 0 Å². The lowest BCUT2D eigenvalue weighted by Gasteiger charge is -2.05. The normalized spacial score (nSPS) is 11.6. The van der Waals surface area contributed by atoms with Crippen LogP contribution in [0.1, 0.15) is 23.1 Å². The van der Waals surface area contributed by atoms with Crippen molar-refractivity contribution in [2.45, 2.75) is 13.0 Å². The van der Waals surface area contributed by atoms with Gasteiger partial charge in [0, 0.05) is 5.56 Å². The topological polar surface area (TPSA) is 55.2 Å². The Morgan fingerprint density at radius 2 is 1.33 bits per heavy atom. The number of ketones is 2. The van der Waals surface area contributed by atoms with E-state index in [1.165, 1.54) is 28.3 Å². The highest BCUT2D eigenvalue weighted by molar-refractivity contribution is 6.10. The SMILES string of the molecule is C[NH2+]Cc1ccc(/C=C/C(=O)CC(=O)/C=C/c2ccc([NH+](C)C)cc2)cc1. The molecule has 0 saturated heterocycles. The van der Waals surface area contributed by atoms with E-state index < -0.39 is 0 Å². The number of rotatable bonds is 9. The molecule has 0 atom stereocenters. The molecular formula is C23H28N2O2+2. The molecule has 0 fully saturated rings. The summed E-state index contributed by atoms with van der Waals surface area (Å²) in [7, 11) is 6.15. The standard InChI is InChI=1S/C23H26N2O2/c1-24-17-20-6-4-18(5-7-20)10-14-22(26)16-23(27)15-11-19-8-12-21(13-9-19)25(2)3/h4-15,24H,16-17H2,1-3H3/p+2/b14-10+,15-11+. The lowest BCUT2D eigenvalue weighted by molar-refractivity contribution is -0.786. The maximum absolute atomic E-state index is 12.0. The molecule has 0 radical (unpaired) electrons. The third kappa shape index (κ3) is 7.13. The minimum absolute atomic E-state index is 0.115. The summed E-state index contributed by atoms with van der Waals surface area (Å²) < 4.78 is 0. The van der Waals surface area contributed by atoms with Crippen LogP contribution < -0.4 is 10.2 Å². The third-order valence-corrected chi connectivity index (χ3v) is 4.18. The minimum atomic E-state index is -0.194. The minimum Gasteiger partial charge on any atom is -0.345 e. The summed E-state index contributed by atoms with van der Waals surface area (Å²) in [6.07, 6.45) is 6.33. The number of allylic oxidation sites excluding steroid dienone is 2. The third-order valence-electron chi connectivity index (χ3n) is 4.18. The number of nitrogens with one attached hydrogen (secondary N) is 1. The van der Waals surface area contributed by atoms with E-state index in [1.54, 1.807) is 12.2 Å². The fourth-order valence-corrected chi connectivity index (χ4v) is 2.60. The molecule has 140 valence electrons. The van der Waals surface area contributed by atoms with Gasteiger partial charge < -0.3 is 10.2 Å². The number of carbonyl (C=O) groups excluding carboxylic acids is 2. The van der Waals surface area contributed by atoms with Crippen LogP contribution in [0.3, 0.4) is 0 Å². The zero-order valence-corrected chi connectivity index (χ0v) is 16.2. The van der Waals surface area contributed by atoms with Crippen molar-refractivity contribution in [3.8, 4) is 0 Å². The van der Waals surface area contributed by atoms with Crippen molar-refractivity contribution >= 4 is 29.4 Å². The van der Waals surface area contributed by atoms with Crippen molar-refractivity contribution in [1.29, 1.82) is 0 Å². The lowest BCUT2D eigenvalue weighted by atomic mass is 10.1. The number of quaternary nitrogens is 2. The van der Waals surface area contributed by atoms with Crippen LogP contribution >= 0.6 is 0 Å². The molecule has 0 saturated carbocycles. The van der Waals surface area contributed by atoms with Gasteiger partial charge in [-0.25, -0.2) is 0 Å². The molecule has 0 heterocycles. The van der Waals surface area contributed by atoms with E-state index in [9.17, 15) is 9.59 Å². The number of hydrogen-bond donors (Lipinski definition) is 2. The Morgan fingerprint density at radius 3 is 1.78 bits per heavy atom. The second kappa shape index (κ2) is 10.4. The molecule has 0 aromatic heterocycles. The highest BCUT2D eigenvalue weighted by atomic mass is 16.1. The van der Waals surface area contributed by atoms with Gasteiger partial charge in [-0.3, -0.25) is 9.59 Å². The molecule has 0 bridgehead atoms. The average molecular weight is 364 g/mol. The lowest BCUT2D eigenvalue weighted by Crippen LogP contribution is -3.00. The predicted octanol–water partition coefficient (Wildman–Crippen LogP) is 1.41. The Bertz CT molecular complexity index is 816. The van der Waals surface area contributed by atoms with Crippen LogP contribution in [0.15, 0.2) is 60.7 Å². The second-order valence-corrected chi connectivity index (χ2v) is 6.75. The highest BCUT2D eigenvalue weighted by Gasteiger charge is 2.04. The Hall–Kier alpha value is -2.82. The van der Waals surface area contributed by atoms with E-state index in [-0.39, 0.29) is 18.0 Å². The van der Waals surface area contributed by atoms with E-state index in [2.05, 4.69) is 19.4 Å². The summed E-state index contributed by atoms with van der Waals surface area (Å²) in [4.78, 5) is 25.2. The first kappa shape index (κ1) is 20.5. The fraction of sp³-hybridized carbons (Fsp3) is 0.217. The predicted molar refractivity (Wildman–Crippen MR) is 110 cm³/mol. The first-order valence-corrected chi connectivity index (χ1v) is 9.17. The molecular weight excluding hydrogens is 336 g/mol. The largest absolute Gasteiger partial charge is 0.345 e. The number of nitrogens with two attached hydrogens (primary N) is 1. The van der Waals surface area contributed by atoms with E-state index >= 15 is 0 Å². The first-order valence-electron chi connectivity index (χ1n) is 9.17. The van der Waals surface area contributed by atoms with Gasteiger partial charge in [0.15, 0.2) is 11.6 Å². The van der Waals surface area contributed by atoms with Crippen LogP contribution in [0.25, 0.3) is 12.2 Å². The average Bonchev–Trinajstić information content (AvgIpc) is 2.66. The zero-order valence-electron chi connectivity index (χ0n) is 16.2. The van der Waals surface area contributed by atoms with E-state index in [0.29, 0.717) is 0 Å². The second-order valence-electron chi connectivity index (χ2n) is 6.75. The highest BCUT2D eigenvalue weighted by Crippen LogP contribution is 2.08. The Kier molecular flexibility index (Phi) is 7.86. The fourth-order valence-electron chi connectivity index (χ4n) is 2.60. The van der Waals surface area contributed by atoms with Crippen LogP contribution in [-0.4, -0.2) is 32.7 Å².